The van der Waals surface area contributed by atoms with Crippen molar-refractivity contribution in [1.29, 1.82) is 0 Å². The van der Waals surface area contributed by atoms with E-state index in [-0.39, 0.29) is 6.04 Å². The molecular formula is C16H13Br2NS. The molecule has 0 saturated heterocycles. The summed E-state index contributed by atoms with van der Waals surface area (Å²) in [6.45, 7) is 0. The fourth-order valence-electron chi connectivity index (χ4n) is 2.31. The van der Waals surface area contributed by atoms with Crippen molar-refractivity contribution >= 4 is 53.3 Å². The summed E-state index contributed by atoms with van der Waals surface area (Å²) in [4.78, 5) is 0. The van der Waals surface area contributed by atoms with Gasteiger partial charge in [-0.1, -0.05) is 40.2 Å². The van der Waals surface area contributed by atoms with E-state index in [9.17, 15) is 0 Å². The summed E-state index contributed by atoms with van der Waals surface area (Å²) >= 11 is 8.80. The Kier molecular flexibility index (Phi) is 4.26. The van der Waals surface area contributed by atoms with Crippen LogP contribution in [-0.2, 0) is 6.42 Å². The maximum Gasteiger partial charge on any atom is 0.0488 e. The van der Waals surface area contributed by atoms with Gasteiger partial charge in [-0.3, -0.25) is 0 Å². The standard InChI is InChI=1S/C16H13Br2NS/c17-11-6-4-10(5-7-11)8-15(19)13-9-20-16-12(13)2-1-3-14(16)18/h1-7,9,15H,8,19H2. The van der Waals surface area contributed by atoms with Gasteiger partial charge in [0.05, 0.1) is 0 Å². The molecule has 1 nitrogen and oxygen atoms in total. The first-order chi connectivity index (χ1) is 9.65. The number of thiophene rings is 1. The second-order valence-electron chi connectivity index (χ2n) is 4.74. The predicted octanol–water partition coefficient (Wildman–Crippen LogP) is 5.67. The van der Waals surface area contributed by atoms with Gasteiger partial charge in [0.15, 0.2) is 0 Å². The van der Waals surface area contributed by atoms with Crippen LogP contribution in [0.15, 0.2) is 56.8 Å². The lowest BCUT2D eigenvalue weighted by Gasteiger charge is -2.11. The first kappa shape index (κ1) is 14.3. The van der Waals surface area contributed by atoms with Crippen molar-refractivity contribution in [2.24, 2.45) is 5.73 Å². The van der Waals surface area contributed by atoms with Gasteiger partial charge in [0.1, 0.15) is 0 Å². The van der Waals surface area contributed by atoms with Crippen LogP contribution in [0.5, 0.6) is 0 Å². The molecule has 3 aromatic rings. The molecule has 2 aromatic carbocycles. The number of rotatable bonds is 3. The zero-order valence-electron chi connectivity index (χ0n) is 10.6. The maximum absolute atomic E-state index is 6.41. The topological polar surface area (TPSA) is 26.0 Å². The van der Waals surface area contributed by atoms with Crippen molar-refractivity contribution < 1.29 is 0 Å². The fourth-order valence-corrected chi connectivity index (χ4v) is 4.26. The van der Waals surface area contributed by atoms with Crippen LogP contribution < -0.4 is 5.73 Å². The number of fused-ring (bicyclic) bond motifs is 1. The predicted molar refractivity (Wildman–Crippen MR) is 94.3 cm³/mol. The third kappa shape index (κ3) is 2.84. The minimum Gasteiger partial charge on any atom is -0.324 e. The summed E-state index contributed by atoms with van der Waals surface area (Å²) in [5.74, 6) is 0. The molecule has 1 atom stereocenters. The first-order valence-electron chi connectivity index (χ1n) is 6.31. The summed E-state index contributed by atoms with van der Waals surface area (Å²) in [5.41, 5.74) is 8.90. The minimum absolute atomic E-state index is 0.0271. The summed E-state index contributed by atoms with van der Waals surface area (Å²) in [7, 11) is 0. The highest BCUT2D eigenvalue weighted by Crippen LogP contribution is 2.35. The van der Waals surface area contributed by atoms with Gasteiger partial charge in [-0.15, -0.1) is 11.3 Å². The normalized spacial score (nSPS) is 12.8. The van der Waals surface area contributed by atoms with Crippen LogP contribution in [0.4, 0.5) is 0 Å². The summed E-state index contributed by atoms with van der Waals surface area (Å²) in [6, 6.07) is 14.7. The Bertz CT molecular complexity index is 734. The number of hydrogen-bond donors (Lipinski definition) is 1. The van der Waals surface area contributed by atoms with Crippen LogP contribution in [-0.4, -0.2) is 0 Å². The van der Waals surface area contributed by atoms with E-state index in [4.69, 9.17) is 5.73 Å². The highest BCUT2D eigenvalue weighted by molar-refractivity contribution is 9.11. The molecule has 0 aliphatic rings. The lowest BCUT2D eigenvalue weighted by Crippen LogP contribution is -2.12. The van der Waals surface area contributed by atoms with Crippen LogP contribution in [0.3, 0.4) is 0 Å². The Morgan fingerprint density at radius 1 is 1.05 bits per heavy atom. The Morgan fingerprint density at radius 3 is 2.55 bits per heavy atom. The molecule has 1 aromatic heterocycles. The molecule has 3 rings (SSSR count). The van der Waals surface area contributed by atoms with E-state index in [1.54, 1.807) is 11.3 Å². The van der Waals surface area contributed by atoms with Crippen LogP contribution in [0, 0.1) is 0 Å². The molecule has 0 aliphatic carbocycles. The Balaban J connectivity index is 1.91. The fraction of sp³-hybridized carbons (Fsp3) is 0.125. The molecule has 0 aliphatic heterocycles. The zero-order valence-corrected chi connectivity index (χ0v) is 14.6. The molecule has 0 spiro atoms. The van der Waals surface area contributed by atoms with E-state index in [0.717, 1.165) is 15.4 Å². The van der Waals surface area contributed by atoms with Gasteiger partial charge in [-0.05, 0) is 62.4 Å². The minimum atomic E-state index is 0.0271. The van der Waals surface area contributed by atoms with Crippen molar-refractivity contribution in [2.75, 3.05) is 0 Å². The molecule has 0 fully saturated rings. The van der Waals surface area contributed by atoms with Crippen molar-refractivity contribution in [3.63, 3.8) is 0 Å². The van der Waals surface area contributed by atoms with Gasteiger partial charge in [-0.25, -0.2) is 0 Å². The lowest BCUT2D eigenvalue weighted by molar-refractivity contribution is 0.730. The molecule has 102 valence electrons. The van der Waals surface area contributed by atoms with Crippen LogP contribution in [0.25, 0.3) is 10.1 Å². The van der Waals surface area contributed by atoms with Gasteiger partial charge in [0, 0.05) is 19.7 Å². The molecule has 0 saturated carbocycles. The summed E-state index contributed by atoms with van der Waals surface area (Å²) in [6.07, 6.45) is 0.853. The highest BCUT2D eigenvalue weighted by Gasteiger charge is 2.13. The quantitative estimate of drug-likeness (QED) is 0.591. The van der Waals surface area contributed by atoms with Crippen molar-refractivity contribution in [3.05, 3.63) is 67.9 Å². The van der Waals surface area contributed by atoms with Gasteiger partial charge in [-0.2, -0.15) is 0 Å². The Morgan fingerprint density at radius 2 is 1.80 bits per heavy atom. The van der Waals surface area contributed by atoms with E-state index < -0.39 is 0 Å². The van der Waals surface area contributed by atoms with Gasteiger partial charge >= 0.3 is 0 Å². The number of hydrogen-bond acceptors (Lipinski definition) is 2. The van der Waals surface area contributed by atoms with E-state index in [0.29, 0.717) is 0 Å². The van der Waals surface area contributed by atoms with Crippen LogP contribution in [0.2, 0.25) is 0 Å². The molecule has 2 N–H and O–H groups in total. The Hall–Kier alpha value is -0.680. The second kappa shape index (κ2) is 5.98. The third-order valence-electron chi connectivity index (χ3n) is 3.35. The molecule has 0 amide bonds. The van der Waals surface area contributed by atoms with E-state index >= 15 is 0 Å². The van der Waals surface area contributed by atoms with Crippen molar-refractivity contribution in [2.45, 2.75) is 12.5 Å². The molecular weight excluding hydrogens is 398 g/mol. The zero-order chi connectivity index (χ0) is 14.1. The van der Waals surface area contributed by atoms with Gasteiger partial charge < -0.3 is 5.73 Å². The highest BCUT2D eigenvalue weighted by atomic mass is 79.9. The van der Waals surface area contributed by atoms with Crippen molar-refractivity contribution in [3.8, 4) is 0 Å². The first-order valence-corrected chi connectivity index (χ1v) is 8.77. The third-order valence-corrected chi connectivity index (χ3v) is 5.85. The van der Waals surface area contributed by atoms with Gasteiger partial charge in [0.2, 0.25) is 0 Å². The average Bonchev–Trinajstić information content (AvgIpc) is 2.87. The molecule has 1 unspecified atom stereocenters. The number of halogens is 2. The van der Waals surface area contributed by atoms with Crippen LogP contribution >= 0.6 is 43.2 Å². The monoisotopic (exact) mass is 409 g/mol. The Labute approximate surface area is 139 Å². The van der Waals surface area contributed by atoms with E-state index in [1.165, 1.54) is 21.2 Å². The molecule has 0 radical (unpaired) electrons. The largest absolute Gasteiger partial charge is 0.324 e. The molecule has 4 heteroatoms. The smallest absolute Gasteiger partial charge is 0.0488 e. The molecule has 1 heterocycles. The van der Waals surface area contributed by atoms with E-state index in [2.05, 4.69) is 79.7 Å². The summed E-state index contributed by atoms with van der Waals surface area (Å²) in [5, 5.41) is 3.44. The van der Waals surface area contributed by atoms with Gasteiger partial charge in [0.25, 0.3) is 0 Å². The number of benzene rings is 2. The summed E-state index contributed by atoms with van der Waals surface area (Å²) < 4.78 is 3.51. The molecule has 0 bridgehead atoms. The van der Waals surface area contributed by atoms with Crippen LogP contribution in [0.1, 0.15) is 17.2 Å². The number of nitrogens with two attached hydrogens (primary N) is 1. The molecule has 20 heavy (non-hydrogen) atoms. The lowest BCUT2D eigenvalue weighted by atomic mass is 9.99. The van der Waals surface area contributed by atoms with E-state index in [1.807, 2.05) is 0 Å². The van der Waals surface area contributed by atoms with Crippen molar-refractivity contribution in [1.82, 2.24) is 0 Å². The maximum atomic E-state index is 6.41. The average molecular weight is 411 g/mol. The second-order valence-corrected chi connectivity index (χ2v) is 7.39. The SMILES string of the molecule is NC(Cc1ccc(Br)cc1)c1csc2c(Br)cccc12.